The molecule has 0 aromatic rings. The molecule has 0 aliphatic carbocycles. The van der Waals surface area contributed by atoms with Gasteiger partial charge in [0.25, 0.3) is 0 Å². The van der Waals surface area contributed by atoms with Gasteiger partial charge in [-0.1, -0.05) is 0 Å². The summed E-state index contributed by atoms with van der Waals surface area (Å²) in [6, 6.07) is -0.547. The fourth-order valence-corrected chi connectivity index (χ4v) is 3.90. The fourth-order valence-electron chi connectivity index (χ4n) is 1.80. The average molecular weight is 292 g/mol. The number of amides is 2. The molecule has 110 valence electrons. The van der Waals surface area contributed by atoms with Crippen LogP contribution >= 0.6 is 0 Å². The summed E-state index contributed by atoms with van der Waals surface area (Å²) in [5, 5.41) is 14.0. The number of rotatable bonds is 4. The maximum atomic E-state index is 11.7. The van der Waals surface area contributed by atoms with Crippen molar-refractivity contribution in [3.05, 3.63) is 0 Å². The molecule has 1 aliphatic heterocycles. The zero-order valence-electron chi connectivity index (χ0n) is 11.3. The summed E-state index contributed by atoms with van der Waals surface area (Å²) in [7, 11) is -3.09. The van der Waals surface area contributed by atoms with E-state index in [1.54, 1.807) is 6.92 Å². The van der Waals surface area contributed by atoms with Crippen LogP contribution in [0.3, 0.4) is 0 Å². The molecule has 1 saturated heterocycles. The van der Waals surface area contributed by atoms with Crippen molar-refractivity contribution in [2.24, 2.45) is 5.41 Å². The van der Waals surface area contributed by atoms with E-state index < -0.39 is 32.8 Å². The van der Waals surface area contributed by atoms with E-state index in [4.69, 9.17) is 5.11 Å². The maximum Gasteiger partial charge on any atom is 0.315 e. The number of urea groups is 1. The largest absolute Gasteiger partial charge is 0.481 e. The summed E-state index contributed by atoms with van der Waals surface area (Å²) in [5.41, 5.74) is -1.85. The molecular weight excluding hydrogens is 272 g/mol. The molecular formula is C11H20N2O5S. The van der Waals surface area contributed by atoms with E-state index in [1.807, 2.05) is 0 Å². The molecule has 1 atom stereocenters. The van der Waals surface area contributed by atoms with Gasteiger partial charge in [-0.15, -0.1) is 0 Å². The topological polar surface area (TPSA) is 113 Å². The number of carboxylic acid groups (broad SMARTS) is 1. The standard InChI is InChI=1S/C11H20N2O5S/c1-10(2,8(14)15)6-12-9(16)13-11(3)4-5-19(17,18)7-11/h4-7H2,1-3H3,(H,14,15)(H2,12,13,16). The Balaban J connectivity index is 2.51. The second-order valence-electron chi connectivity index (χ2n) is 5.90. The first kappa shape index (κ1) is 15.7. The number of carbonyl (C=O) groups excluding carboxylic acids is 1. The predicted octanol–water partition coefficient (Wildman–Crippen LogP) is -0.0264. The van der Waals surface area contributed by atoms with Gasteiger partial charge in [-0.05, 0) is 27.2 Å². The molecule has 1 fully saturated rings. The zero-order valence-corrected chi connectivity index (χ0v) is 12.1. The second-order valence-corrected chi connectivity index (χ2v) is 8.08. The predicted molar refractivity (Wildman–Crippen MR) is 69.6 cm³/mol. The van der Waals surface area contributed by atoms with Crippen molar-refractivity contribution in [1.29, 1.82) is 0 Å². The number of hydrogen-bond donors (Lipinski definition) is 3. The van der Waals surface area contributed by atoms with Crippen LogP contribution in [0.1, 0.15) is 27.2 Å². The smallest absolute Gasteiger partial charge is 0.315 e. The molecule has 1 unspecified atom stereocenters. The van der Waals surface area contributed by atoms with Crippen LogP contribution in [0, 0.1) is 5.41 Å². The highest BCUT2D eigenvalue weighted by Gasteiger charge is 2.39. The van der Waals surface area contributed by atoms with Crippen LogP contribution in [0.4, 0.5) is 4.79 Å². The number of aliphatic carboxylic acids is 1. The van der Waals surface area contributed by atoms with E-state index in [1.165, 1.54) is 13.8 Å². The molecule has 0 radical (unpaired) electrons. The van der Waals surface area contributed by atoms with Gasteiger partial charge < -0.3 is 15.7 Å². The maximum absolute atomic E-state index is 11.7. The van der Waals surface area contributed by atoms with Gasteiger partial charge in [0.15, 0.2) is 9.84 Å². The van der Waals surface area contributed by atoms with Gasteiger partial charge in [0, 0.05) is 6.54 Å². The van der Waals surface area contributed by atoms with Gasteiger partial charge in [-0.25, -0.2) is 13.2 Å². The minimum atomic E-state index is -3.09. The average Bonchev–Trinajstić information content (AvgIpc) is 2.50. The third kappa shape index (κ3) is 4.38. The highest BCUT2D eigenvalue weighted by molar-refractivity contribution is 7.91. The molecule has 0 aromatic carbocycles. The van der Waals surface area contributed by atoms with Crippen LogP contribution in [-0.4, -0.2) is 49.1 Å². The lowest BCUT2D eigenvalue weighted by molar-refractivity contribution is -0.146. The van der Waals surface area contributed by atoms with Crippen LogP contribution in [0.25, 0.3) is 0 Å². The van der Waals surface area contributed by atoms with Crippen LogP contribution in [0.15, 0.2) is 0 Å². The van der Waals surface area contributed by atoms with Gasteiger partial charge in [-0.3, -0.25) is 4.79 Å². The minimum absolute atomic E-state index is 0.0308. The summed E-state index contributed by atoms with van der Waals surface area (Å²) < 4.78 is 22.8. The van der Waals surface area contributed by atoms with Crippen molar-refractivity contribution in [3.63, 3.8) is 0 Å². The summed E-state index contributed by atoms with van der Waals surface area (Å²) in [4.78, 5) is 22.5. The van der Waals surface area contributed by atoms with Gasteiger partial charge >= 0.3 is 12.0 Å². The molecule has 0 bridgehead atoms. The fraction of sp³-hybridized carbons (Fsp3) is 0.818. The lowest BCUT2D eigenvalue weighted by Gasteiger charge is -2.26. The summed E-state index contributed by atoms with van der Waals surface area (Å²) >= 11 is 0. The monoisotopic (exact) mass is 292 g/mol. The summed E-state index contributed by atoms with van der Waals surface area (Å²) in [6.45, 7) is 4.63. The lowest BCUT2D eigenvalue weighted by Crippen LogP contribution is -2.53. The number of nitrogens with one attached hydrogen (secondary N) is 2. The van der Waals surface area contributed by atoms with E-state index in [-0.39, 0.29) is 18.1 Å². The molecule has 0 saturated carbocycles. The molecule has 0 spiro atoms. The Morgan fingerprint density at radius 2 is 1.95 bits per heavy atom. The second kappa shape index (κ2) is 4.99. The normalized spacial score (nSPS) is 25.8. The molecule has 2 amide bonds. The third-order valence-corrected chi connectivity index (χ3v) is 5.09. The quantitative estimate of drug-likeness (QED) is 0.673. The van der Waals surface area contributed by atoms with Crippen molar-refractivity contribution in [2.75, 3.05) is 18.1 Å². The molecule has 19 heavy (non-hydrogen) atoms. The van der Waals surface area contributed by atoms with Crippen LogP contribution in [-0.2, 0) is 14.6 Å². The Labute approximate surface area is 112 Å². The van der Waals surface area contributed by atoms with Gasteiger partial charge in [-0.2, -0.15) is 0 Å². The van der Waals surface area contributed by atoms with Crippen LogP contribution in [0.2, 0.25) is 0 Å². The van der Waals surface area contributed by atoms with Gasteiger partial charge in [0.1, 0.15) is 0 Å². The Kier molecular flexibility index (Phi) is 4.14. The highest BCUT2D eigenvalue weighted by Crippen LogP contribution is 2.22. The van der Waals surface area contributed by atoms with Crippen molar-refractivity contribution in [3.8, 4) is 0 Å². The molecule has 1 rings (SSSR count). The van der Waals surface area contributed by atoms with Crippen molar-refractivity contribution >= 4 is 21.8 Å². The number of carboxylic acids is 1. The zero-order chi connectivity index (χ0) is 14.9. The minimum Gasteiger partial charge on any atom is -0.481 e. The van der Waals surface area contributed by atoms with Gasteiger partial charge in [0.05, 0.1) is 22.5 Å². The van der Waals surface area contributed by atoms with E-state index >= 15 is 0 Å². The summed E-state index contributed by atoms with van der Waals surface area (Å²) in [6.07, 6.45) is 0.366. The lowest BCUT2D eigenvalue weighted by atomic mass is 9.94. The molecule has 1 heterocycles. The van der Waals surface area contributed by atoms with E-state index in [0.29, 0.717) is 6.42 Å². The molecule has 1 aliphatic rings. The van der Waals surface area contributed by atoms with E-state index in [9.17, 15) is 18.0 Å². The first-order valence-corrected chi connectivity index (χ1v) is 7.78. The van der Waals surface area contributed by atoms with Gasteiger partial charge in [0.2, 0.25) is 0 Å². The number of hydrogen-bond acceptors (Lipinski definition) is 4. The first-order valence-electron chi connectivity index (χ1n) is 5.96. The van der Waals surface area contributed by atoms with Crippen molar-refractivity contribution in [2.45, 2.75) is 32.7 Å². The van der Waals surface area contributed by atoms with E-state index in [2.05, 4.69) is 10.6 Å². The molecule has 7 nitrogen and oxygen atoms in total. The SMILES string of the molecule is CC1(NC(=O)NCC(C)(C)C(=O)O)CCS(=O)(=O)C1. The third-order valence-electron chi connectivity index (χ3n) is 3.19. The molecule has 3 N–H and O–H groups in total. The molecule has 8 heteroatoms. The Morgan fingerprint density at radius 1 is 1.37 bits per heavy atom. The van der Waals surface area contributed by atoms with Crippen molar-refractivity contribution in [1.82, 2.24) is 10.6 Å². The number of sulfone groups is 1. The molecule has 0 aromatic heterocycles. The highest BCUT2D eigenvalue weighted by atomic mass is 32.2. The first-order chi connectivity index (χ1) is 8.46. The van der Waals surface area contributed by atoms with Crippen LogP contribution in [0.5, 0.6) is 0 Å². The number of carbonyl (C=O) groups is 2. The Hall–Kier alpha value is -1.31. The van der Waals surface area contributed by atoms with E-state index in [0.717, 1.165) is 0 Å². The summed E-state index contributed by atoms with van der Waals surface area (Å²) in [5.74, 6) is -1.04. The Morgan fingerprint density at radius 3 is 2.37 bits per heavy atom. The van der Waals surface area contributed by atoms with Crippen LogP contribution < -0.4 is 10.6 Å². The Bertz CT molecular complexity index is 485. The van der Waals surface area contributed by atoms with Crippen molar-refractivity contribution < 1.29 is 23.1 Å².